The molecule has 3 rings (SSSR count). The van der Waals surface area contributed by atoms with E-state index in [1.165, 1.54) is 22.5 Å². The Morgan fingerprint density at radius 1 is 1.14 bits per heavy atom. The van der Waals surface area contributed by atoms with E-state index in [0.717, 1.165) is 26.1 Å². The molecular formula is C16H19NO2S2. The van der Waals surface area contributed by atoms with E-state index >= 15 is 0 Å². The van der Waals surface area contributed by atoms with Gasteiger partial charge in [-0.2, -0.15) is 11.3 Å². The number of rotatable bonds is 5. The van der Waals surface area contributed by atoms with Gasteiger partial charge in [0.15, 0.2) is 9.84 Å². The second kappa shape index (κ2) is 6.30. The minimum Gasteiger partial charge on any atom is -0.299 e. The van der Waals surface area contributed by atoms with E-state index in [2.05, 4.69) is 29.2 Å². The van der Waals surface area contributed by atoms with Crippen LogP contribution in [0.15, 0.2) is 46.0 Å². The highest BCUT2D eigenvalue weighted by Gasteiger charge is 2.18. The Morgan fingerprint density at radius 3 is 2.71 bits per heavy atom. The molecule has 1 aliphatic rings. The van der Waals surface area contributed by atoms with Crippen LogP contribution in [0.1, 0.15) is 17.5 Å². The summed E-state index contributed by atoms with van der Waals surface area (Å²) in [6.45, 7) is 2.81. The van der Waals surface area contributed by atoms with Gasteiger partial charge in [0, 0.05) is 18.5 Å². The molecule has 0 saturated carbocycles. The lowest BCUT2D eigenvalue weighted by molar-refractivity contribution is 0.255. The fraction of sp³-hybridized carbons (Fsp3) is 0.375. The van der Waals surface area contributed by atoms with E-state index in [1.807, 2.05) is 5.38 Å². The van der Waals surface area contributed by atoms with Crippen molar-refractivity contribution in [2.45, 2.75) is 24.3 Å². The molecule has 0 amide bonds. The van der Waals surface area contributed by atoms with Gasteiger partial charge in [0.1, 0.15) is 0 Å². The largest absolute Gasteiger partial charge is 0.299 e. The minimum absolute atomic E-state index is 0.238. The van der Waals surface area contributed by atoms with Gasteiger partial charge < -0.3 is 0 Å². The Balaban J connectivity index is 1.53. The molecule has 1 aromatic heterocycles. The summed E-state index contributed by atoms with van der Waals surface area (Å²) in [4.78, 5) is 2.82. The Bertz CT molecular complexity index is 693. The molecule has 2 heterocycles. The van der Waals surface area contributed by atoms with Crippen LogP contribution in [0.2, 0.25) is 0 Å². The molecule has 0 saturated heterocycles. The van der Waals surface area contributed by atoms with Crippen molar-refractivity contribution in [2.24, 2.45) is 0 Å². The second-order valence-electron chi connectivity index (χ2n) is 5.43. The van der Waals surface area contributed by atoms with Crippen molar-refractivity contribution in [3.8, 4) is 0 Å². The van der Waals surface area contributed by atoms with Gasteiger partial charge in [-0.15, -0.1) is 0 Å². The first-order chi connectivity index (χ1) is 10.1. The highest BCUT2D eigenvalue weighted by atomic mass is 32.2. The zero-order valence-corrected chi connectivity index (χ0v) is 13.5. The molecule has 3 nitrogen and oxygen atoms in total. The minimum atomic E-state index is -3.09. The Labute approximate surface area is 130 Å². The van der Waals surface area contributed by atoms with E-state index in [9.17, 15) is 8.42 Å². The van der Waals surface area contributed by atoms with Crippen LogP contribution in [0.25, 0.3) is 0 Å². The molecule has 0 unspecified atom stereocenters. The van der Waals surface area contributed by atoms with Gasteiger partial charge in [0.25, 0.3) is 0 Å². The smallest absolute Gasteiger partial charge is 0.179 e. The van der Waals surface area contributed by atoms with E-state index in [1.54, 1.807) is 11.4 Å². The molecule has 0 radical (unpaired) electrons. The molecule has 21 heavy (non-hydrogen) atoms. The van der Waals surface area contributed by atoms with E-state index in [4.69, 9.17) is 0 Å². The predicted molar refractivity (Wildman–Crippen MR) is 86.4 cm³/mol. The van der Waals surface area contributed by atoms with Crippen molar-refractivity contribution in [3.63, 3.8) is 0 Å². The third kappa shape index (κ3) is 3.54. The van der Waals surface area contributed by atoms with Gasteiger partial charge in [0.05, 0.1) is 10.6 Å². The van der Waals surface area contributed by atoms with Gasteiger partial charge in [-0.3, -0.25) is 4.90 Å². The molecular weight excluding hydrogens is 302 g/mol. The van der Waals surface area contributed by atoms with Crippen LogP contribution in [-0.2, 0) is 22.8 Å². The number of fused-ring (bicyclic) bond motifs is 1. The molecule has 2 aromatic rings. The van der Waals surface area contributed by atoms with Crippen LogP contribution in [0.4, 0.5) is 0 Å². The number of nitrogens with zero attached hydrogens (tertiary/aromatic N) is 1. The number of hydrogen-bond acceptors (Lipinski definition) is 4. The summed E-state index contributed by atoms with van der Waals surface area (Å²) in [5, 5.41) is 3.53. The lowest BCUT2D eigenvalue weighted by Crippen LogP contribution is -2.32. The average molecular weight is 321 g/mol. The van der Waals surface area contributed by atoms with Crippen LogP contribution >= 0.6 is 11.3 Å². The van der Waals surface area contributed by atoms with E-state index < -0.39 is 9.84 Å². The predicted octanol–water partition coefficient (Wildman–Crippen LogP) is 2.97. The van der Waals surface area contributed by atoms with Crippen molar-refractivity contribution in [2.75, 3.05) is 18.8 Å². The number of benzene rings is 1. The Hall–Kier alpha value is -1.17. The lowest BCUT2D eigenvalue weighted by Gasteiger charge is -2.28. The fourth-order valence-corrected chi connectivity index (χ4v) is 5.15. The molecule has 0 aliphatic carbocycles. The highest BCUT2D eigenvalue weighted by molar-refractivity contribution is 7.91. The Kier molecular flexibility index (Phi) is 4.42. The topological polar surface area (TPSA) is 37.4 Å². The molecule has 0 bridgehead atoms. The summed E-state index contributed by atoms with van der Waals surface area (Å²) in [5.74, 6) is 0.238. The molecule has 112 valence electrons. The molecule has 1 aliphatic heterocycles. The Morgan fingerprint density at radius 2 is 1.95 bits per heavy atom. The fourth-order valence-electron chi connectivity index (χ4n) is 2.77. The van der Waals surface area contributed by atoms with Gasteiger partial charge in [0.2, 0.25) is 0 Å². The summed E-state index contributed by atoms with van der Waals surface area (Å²) >= 11 is 1.43. The van der Waals surface area contributed by atoms with Gasteiger partial charge in [-0.25, -0.2) is 8.42 Å². The summed E-state index contributed by atoms with van der Waals surface area (Å²) in [6.07, 6.45) is 1.76. The van der Waals surface area contributed by atoms with Crippen LogP contribution in [0.3, 0.4) is 0 Å². The summed E-state index contributed by atoms with van der Waals surface area (Å²) in [6, 6.07) is 10.2. The SMILES string of the molecule is O=S(=O)(CCCN1CCc2ccccc2C1)c1ccsc1. The third-order valence-corrected chi connectivity index (χ3v) is 6.58. The van der Waals surface area contributed by atoms with Crippen molar-refractivity contribution in [1.82, 2.24) is 4.90 Å². The van der Waals surface area contributed by atoms with Gasteiger partial charge >= 0.3 is 0 Å². The van der Waals surface area contributed by atoms with Gasteiger partial charge in [-0.1, -0.05) is 24.3 Å². The van der Waals surface area contributed by atoms with Crippen LogP contribution in [-0.4, -0.2) is 32.2 Å². The number of hydrogen-bond donors (Lipinski definition) is 0. The maximum absolute atomic E-state index is 12.1. The first-order valence-corrected chi connectivity index (χ1v) is 9.79. The summed E-state index contributed by atoms with van der Waals surface area (Å²) < 4.78 is 24.2. The first kappa shape index (κ1) is 14.8. The zero-order chi connectivity index (χ0) is 14.7. The van der Waals surface area contributed by atoms with Crippen molar-refractivity contribution in [1.29, 1.82) is 0 Å². The third-order valence-electron chi connectivity index (χ3n) is 3.95. The van der Waals surface area contributed by atoms with Crippen molar-refractivity contribution < 1.29 is 8.42 Å². The molecule has 0 fully saturated rings. The summed E-state index contributed by atoms with van der Waals surface area (Å²) in [5.41, 5.74) is 2.81. The van der Waals surface area contributed by atoms with Crippen LogP contribution in [0, 0.1) is 0 Å². The number of sulfone groups is 1. The maximum atomic E-state index is 12.1. The zero-order valence-electron chi connectivity index (χ0n) is 11.9. The molecule has 0 atom stereocenters. The number of thiophene rings is 1. The normalized spacial score (nSPS) is 15.8. The van der Waals surface area contributed by atoms with Crippen LogP contribution in [0.5, 0.6) is 0 Å². The first-order valence-electron chi connectivity index (χ1n) is 7.19. The maximum Gasteiger partial charge on any atom is 0.179 e. The van der Waals surface area contributed by atoms with E-state index in [-0.39, 0.29) is 5.75 Å². The quantitative estimate of drug-likeness (QED) is 0.849. The molecule has 0 N–H and O–H groups in total. The monoisotopic (exact) mass is 321 g/mol. The average Bonchev–Trinajstić information content (AvgIpc) is 3.02. The van der Waals surface area contributed by atoms with Crippen LogP contribution < -0.4 is 0 Å². The second-order valence-corrected chi connectivity index (χ2v) is 8.32. The highest BCUT2D eigenvalue weighted by Crippen LogP contribution is 2.19. The van der Waals surface area contributed by atoms with Crippen molar-refractivity contribution >= 4 is 21.2 Å². The lowest BCUT2D eigenvalue weighted by atomic mass is 10.00. The summed E-state index contributed by atoms with van der Waals surface area (Å²) in [7, 11) is -3.09. The molecule has 1 aromatic carbocycles. The standard InChI is InChI=1S/C16H19NO2S2/c18-21(19,16-7-10-20-13-16)11-3-8-17-9-6-14-4-1-2-5-15(14)12-17/h1-2,4-5,7,10,13H,3,6,8-9,11-12H2. The molecule has 0 spiro atoms. The van der Waals surface area contributed by atoms with E-state index in [0.29, 0.717) is 11.3 Å². The van der Waals surface area contributed by atoms with Gasteiger partial charge in [-0.05, 0) is 42.0 Å². The van der Waals surface area contributed by atoms with Crippen molar-refractivity contribution in [3.05, 3.63) is 52.2 Å². The molecule has 5 heteroatoms.